The number of anilines is 1. The maximum Gasteiger partial charge on any atom is 0.516 e. The van der Waals surface area contributed by atoms with Crippen LogP contribution in [0.1, 0.15) is 17.3 Å². The number of nitrogens with zero attached hydrogens (tertiary/aromatic N) is 2. The number of amides is 1. The topological polar surface area (TPSA) is 137 Å². The fourth-order valence-corrected chi connectivity index (χ4v) is 4.79. The minimum absolute atomic E-state index is 0.279. The average molecular weight is 534 g/mol. The molecular weight excluding hydrogens is 518 g/mol. The van der Waals surface area contributed by atoms with Crippen LogP contribution in [0.25, 0.3) is 0 Å². The number of ether oxygens (including phenoxy) is 1. The maximum absolute atomic E-state index is 14.7. The summed E-state index contributed by atoms with van der Waals surface area (Å²) < 4.78 is 107. The second-order valence-corrected chi connectivity index (χ2v) is 11.4. The van der Waals surface area contributed by atoms with Crippen molar-refractivity contribution in [2.24, 2.45) is 5.73 Å². The first-order chi connectivity index (χ1) is 14.9. The van der Waals surface area contributed by atoms with Crippen molar-refractivity contribution in [2.75, 3.05) is 17.2 Å². The molecule has 1 amide bonds. The smallest absolute Gasteiger partial charge is 0.473 e. The zero-order valence-corrected chi connectivity index (χ0v) is 19.2. The van der Waals surface area contributed by atoms with Gasteiger partial charge in [-0.2, -0.15) is 21.6 Å². The Morgan fingerprint density at radius 1 is 1.21 bits per heavy atom. The van der Waals surface area contributed by atoms with Crippen LogP contribution in [0.2, 0.25) is 0 Å². The van der Waals surface area contributed by atoms with E-state index >= 15 is 0 Å². The Balaban J connectivity index is 2.61. The number of sulfonamides is 1. The third kappa shape index (κ3) is 5.65. The number of alkyl halides is 4. The molecule has 0 aliphatic heterocycles. The van der Waals surface area contributed by atoms with Crippen molar-refractivity contribution in [3.63, 3.8) is 0 Å². The van der Waals surface area contributed by atoms with Gasteiger partial charge in [0.25, 0.3) is 5.91 Å². The third-order valence-electron chi connectivity index (χ3n) is 4.03. The number of carbonyl (C=O) groups excluding carboxylic acids is 1. The van der Waals surface area contributed by atoms with Gasteiger partial charge in [0.1, 0.15) is 18.0 Å². The van der Waals surface area contributed by atoms with E-state index in [1.807, 2.05) is 0 Å². The van der Waals surface area contributed by atoms with Crippen LogP contribution in [-0.4, -0.2) is 51.1 Å². The Morgan fingerprint density at radius 3 is 2.30 bits per heavy atom. The zero-order chi connectivity index (χ0) is 25.4. The van der Waals surface area contributed by atoms with Gasteiger partial charge in [0, 0.05) is 12.5 Å². The average Bonchev–Trinajstić information content (AvgIpc) is 2.66. The molecule has 182 valence electrons. The highest BCUT2D eigenvalue weighted by Gasteiger charge is 2.56. The molecule has 16 heteroatoms. The molecule has 0 bridgehead atoms. The van der Waals surface area contributed by atoms with E-state index in [1.54, 1.807) is 0 Å². The van der Waals surface area contributed by atoms with E-state index < -0.39 is 69.5 Å². The molecule has 0 saturated carbocycles. The molecule has 1 atom stereocenters. The van der Waals surface area contributed by atoms with Crippen LogP contribution in [0, 0.1) is 5.82 Å². The zero-order valence-electron chi connectivity index (χ0n) is 16.8. The van der Waals surface area contributed by atoms with Gasteiger partial charge in [0.15, 0.2) is 14.8 Å². The number of aromatic nitrogens is 1. The number of halogens is 5. The van der Waals surface area contributed by atoms with Gasteiger partial charge in [-0.1, -0.05) is 11.6 Å². The summed E-state index contributed by atoms with van der Waals surface area (Å²) in [5.74, 6) is -3.08. The molecular formula is C17H16ClF4N3O6S2. The van der Waals surface area contributed by atoms with Crippen LogP contribution < -0.4 is 14.8 Å². The number of nitrogens with two attached hydrogens (primary N) is 1. The molecule has 0 saturated heterocycles. The number of rotatable bonds is 8. The van der Waals surface area contributed by atoms with E-state index in [0.29, 0.717) is 24.5 Å². The van der Waals surface area contributed by atoms with E-state index in [-0.39, 0.29) is 5.56 Å². The summed E-state index contributed by atoms with van der Waals surface area (Å²) in [6.07, 6.45) is 1.87. The van der Waals surface area contributed by atoms with Crippen molar-refractivity contribution in [3.05, 3.63) is 47.9 Å². The Bertz CT molecular complexity index is 1280. The summed E-state index contributed by atoms with van der Waals surface area (Å²) in [5, 5.41) is 0. The third-order valence-corrected chi connectivity index (χ3v) is 7.19. The molecule has 2 N–H and O–H groups in total. The number of primary amides is 1. The number of pyridine rings is 1. The van der Waals surface area contributed by atoms with Gasteiger partial charge in [-0.05, 0) is 37.3 Å². The van der Waals surface area contributed by atoms with E-state index in [1.165, 1.54) is 12.1 Å². The van der Waals surface area contributed by atoms with Gasteiger partial charge >= 0.3 is 15.5 Å². The number of sulfone groups is 1. The normalized spacial score (nSPS) is 14.4. The summed E-state index contributed by atoms with van der Waals surface area (Å²) >= 11 is 6.10. The van der Waals surface area contributed by atoms with Gasteiger partial charge in [-0.25, -0.2) is 22.1 Å². The largest absolute Gasteiger partial charge is 0.516 e. The van der Waals surface area contributed by atoms with Crippen molar-refractivity contribution < 1.29 is 43.9 Å². The molecule has 2 aromatic rings. The van der Waals surface area contributed by atoms with Gasteiger partial charge < -0.3 is 10.5 Å². The minimum atomic E-state index is -6.33. The lowest BCUT2D eigenvalue weighted by Crippen LogP contribution is -2.54. The lowest BCUT2D eigenvalue weighted by Gasteiger charge is -2.37. The van der Waals surface area contributed by atoms with Crippen LogP contribution >= 0.6 is 11.6 Å². The Kier molecular flexibility index (Phi) is 7.21. The predicted octanol–water partition coefficient (Wildman–Crippen LogP) is 2.41. The molecule has 33 heavy (non-hydrogen) atoms. The molecule has 0 unspecified atom stereocenters. The van der Waals surface area contributed by atoms with Crippen molar-refractivity contribution in [2.45, 2.75) is 22.3 Å². The SMILES string of the molecule is C[C@](Cl)(COc1ncccc1C(N)=O)N(c1ccc(S(C)(=O)=O)cc1F)S(=O)(=O)C(F)(F)F. The van der Waals surface area contributed by atoms with E-state index in [4.69, 9.17) is 22.1 Å². The molecule has 0 aliphatic rings. The number of hydrogen-bond acceptors (Lipinski definition) is 7. The Labute approximate surface area is 191 Å². The molecule has 1 aromatic carbocycles. The fraction of sp³-hybridized carbons (Fsp3) is 0.294. The number of benzene rings is 1. The summed E-state index contributed by atoms with van der Waals surface area (Å²) in [4.78, 5) is 11.9. The van der Waals surface area contributed by atoms with Crippen molar-refractivity contribution in [3.8, 4) is 5.88 Å². The van der Waals surface area contributed by atoms with Crippen molar-refractivity contribution in [1.82, 2.24) is 4.98 Å². The molecule has 1 heterocycles. The molecule has 1 aromatic heterocycles. The minimum Gasteiger partial charge on any atom is -0.473 e. The quantitative estimate of drug-likeness (QED) is 0.312. The second kappa shape index (κ2) is 8.95. The second-order valence-electron chi connectivity index (χ2n) is 6.75. The van der Waals surface area contributed by atoms with Crippen LogP contribution in [0.3, 0.4) is 0 Å². The number of carbonyl (C=O) groups is 1. The van der Waals surface area contributed by atoms with Gasteiger partial charge in [0.2, 0.25) is 5.88 Å². The molecule has 0 radical (unpaired) electrons. The van der Waals surface area contributed by atoms with Gasteiger partial charge in [0.05, 0.1) is 10.6 Å². The van der Waals surface area contributed by atoms with Crippen LogP contribution in [0.4, 0.5) is 23.2 Å². The molecule has 0 spiro atoms. The van der Waals surface area contributed by atoms with Crippen molar-refractivity contribution in [1.29, 1.82) is 0 Å². The first-order valence-electron chi connectivity index (χ1n) is 8.57. The first-order valence-corrected chi connectivity index (χ1v) is 12.3. The molecule has 0 fully saturated rings. The van der Waals surface area contributed by atoms with E-state index in [0.717, 1.165) is 13.1 Å². The standard InChI is InChI=1S/C17H16ClF4N3O6S2/c1-16(18,9-31-15-11(14(23)26)4-3-7-24-15)25(33(29,30)17(20,21)22)13-6-5-10(8-12(13)19)32(2,27)28/h3-8H,9H2,1-2H3,(H2,23,26)/t16-/m1/s1. The lowest BCUT2D eigenvalue weighted by atomic mass is 10.2. The van der Waals surface area contributed by atoms with Gasteiger partial charge in [-0.3, -0.25) is 4.79 Å². The molecule has 2 rings (SSSR count). The van der Waals surface area contributed by atoms with Crippen molar-refractivity contribution >= 4 is 43.1 Å². The highest BCUT2D eigenvalue weighted by atomic mass is 35.5. The lowest BCUT2D eigenvalue weighted by molar-refractivity contribution is -0.0442. The summed E-state index contributed by atoms with van der Waals surface area (Å²) in [6.45, 7) is -0.289. The highest BCUT2D eigenvalue weighted by Crippen LogP contribution is 2.40. The summed E-state index contributed by atoms with van der Waals surface area (Å²) in [5.41, 5.74) is -2.24. The van der Waals surface area contributed by atoms with E-state index in [2.05, 4.69) is 4.98 Å². The molecule has 9 nitrogen and oxygen atoms in total. The monoisotopic (exact) mass is 533 g/mol. The Hall–Kier alpha value is -2.65. The fourth-order valence-electron chi connectivity index (χ4n) is 2.57. The van der Waals surface area contributed by atoms with Crippen LogP contribution in [0.5, 0.6) is 5.88 Å². The predicted molar refractivity (Wildman–Crippen MR) is 109 cm³/mol. The molecule has 0 aliphatic carbocycles. The first kappa shape index (κ1) is 26.6. The summed E-state index contributed by atoms with van der Waals surface area (Å²) in [7, 11) is -10.3. The highest BCUT2D eigenvalue weighted by molar-refractivity contribution is 7.93. The van der Waals surface area contributed by atoms with Crippen LogP contribution in [-0.2, 0) is 19.9 Å². The van der Waals surface area contributed by atoms with Crippen LogP contribution in [0.15, 0.2) is 41.4 Å². The number of hydrogen-bond donors (Lipinski definition) is 1. The summed E-state index contributed by atoms with van der Waals surface area (Å²) in [6, 6.07) is 4.08. The maximum atomic E-state index is 14.7. The van der Waals surface area contributed by atoms with Gasteiger partial charge in [-0.15, -0.1) is 0 Å². The van der Waals surface area contributed by atoms with E-state index in [9.17, 15) is 39.2 Å². The Morgan fingerprint density at radius 2 is 1.82 bits per heavy atom.